The zero-order chi connectivity index (χ0) is 19.4. The van der Waals surface area contributed by atoms with Gasteiger partial charge in [-0.1, -0.05) is 6.07 Å². The molecule has 0 atom stereocenters. The van der Waals surface area contributed by atoms with E-state index in [9.17, 15) is 4.79 Å². The van der Waals surface area contributed by atoms with Crippen molar-refractivity contribution in [1.82, 2.24) is 10.3 Å². The van der Waals surface area contributed by atoms with Crippen LogP contribution in [0.4, 0.5) is 5.69 Å². The number of aryl methyl sites for hydroxylation is 2. The molecule has 0 saturated heterocycles. The molecule has 6 heteroatoms. The third-order valence-corrected chi connectivity index (χ3v) is 4.60. The summed E-state index contributed by atoms with van der Waals surface area (Å²) in [4.78, 5) is 15.7. The summed E-state index contributed by atoms with van der Waals surface area (Å²) in [6.45, 7) is 2.49. The Morgan fingerprint density at radius 3 is 2.70 bits per heavy atom. The number of amides is 1. The van der Waals surface area contributed by atoms with Gasteiger partial charge in [0.2, 0.25) is 0 Å². The van der Waals surface area contributed by atoms with Crippen LogP contribution >= 0.6 is 0 Å². The number of methoxy groups -OCH3 is 2. The van der Waals surface area contributed by atoms with Crippen LogP contribution in [0.25, 0.3) is 10.9 Å². The molecule has 1 heterocycles. The molecule has 0 aliphatic rings. The van der Waals surface area contributed by atoms with E-state index in [1.54, 1.807) is 26.4 Å². The second-order valence-corrected chi connectivity index (χ2v) is 6.52. The molecule has 0 aliphatic carbocycles. The van der Waals surface area contributed by atoms with Gasteiger partial charge in [-0.25, -0.2) is 0 Å². The predicted molar refractivity (Wildman–Crippen MR) is 108 cm³/mol. The minimum Gasteiger partial charge on any atom is -0.497 e. The van der Waals surface area contributed by atoms with Crippen molar-refractivity contribution < 1.29 is 14.3 Å². The molecule has 1 aromatic heterocycles. The number of rotatable bonds is 7. The number of hydrogen-bond donors (Lipinski definition) is 3. The molecule has 0 radical (unpaired) electrons. The molecule has 0 unspecified atom stereocenters. The van der Waals surface area contributed by atoms with Crippen molar-refractivity contribution in [3.05, 3.63) is 53.2 Å². The number of nitrogens with one attached hydrogen (secondary N) is 2. The summed E-state index contributed by atoms with van der Waals surface area (Å²) in [5.41, 5.74) is 9.96. The van der Waals surface area contributed by atoms with Crippen LogP contribution in [-0.4, -0.2) is 31.7 Å². The summed E-state index contributed by atoms with van der Waals surface area (Å²) >= 11 is 0. The van der Waals surface area contributed by atoms with Gasteiger partial charge < -0.3 is 25.5 Å². The lowest BCUT2D eigenvalue weighted by molar-refractivity contribution is 0.0952. The van der Waals surface area contributed by atoms with Gasteiger partial charge in [0.1, 0.15) is 11.5 Å². The van der Waals surface area contributed by atoms with Crippen molar-refractivity contribution in [3.63, 3.8) is 0 Å². The van der Waals surface area contributed by atoms with Crippen LogP contribution in [0.3, 0.4) is 0 Å². The SMILES string of the molecule is COc1cc(OC)c2cc(CCCNC(=O)c3cc(N)ccc3C)[nH]c2c1. The van der Waals surface area contributed by atoms with Crippen molar-refractivity contribution in [2.24, 2.45) is 0 Å². The summed E-state index contributed by atoms with van der Waals surface area (Å²) in [6, 6.07) is 11.3. The second kappa shape index (κ2) is 8.03. The fourth-order valence-corrected chi connectivity index (χ4v) is 3.12. The quantitative estimate of drug-likeness (QED) is 0.441. The number of carbonyl (C=O) groups is 1. The van der Waals surface area contributed by atoms with Crippen LogP contribution in [-0.2, 0) is 6.42 Å². The topological polar surface area (TPSA) is 89.4 Å². The highest BCUT2D eigenvalue weighted by molar-refractivity contribution is 5.96. The number of ether oxygens (including phenoxy) is 2. The van der Waals surface area contributed by atoms with Crippen molar-refractivity contribution in [1.29, 1.82) is 0 Å². The van der Waals surface area contributed by atoms with Gasteiger partial charge in [0.05, 0.1) is 19.7 Å². The molecular formula is C21H25N3O3. The lowest BCUT2D eigenvalue weighted by Crippen LogP contribution is -2.25. The van der Waals surface area contributed by atoms with E-state index in [1.165, 1.54) is 0 Å². The third kappa shape index (κ3) is 4.16. The first-order valence-corrected chi connectivity index (χ1v) is 8.89. The Balaban J connectivity index is 1.60. The van der Waals surface area contributed by atoms with Gasteiger partial charge in [-0.15, -0.1) is 0 Å². The number of anilines is 1. The van der Waals surface area contributed by atoms with Gasteiger partial charge in [0.15, 0.2) is 0 Å². The van der Waals surface area contributed by atoms with Crippen molar-refractivity contribution >= 4 is 22.5 Å². The smallest absolute Gasteiger partial charge is 0.251 e. The fraction of sp³-hybridized carbons (Fsp3) is 0.286. The molecule has 3 aromatic rings. The maximum atomic E-state index is 12.3. The normalized spacial score (nSPS) is 10.8. The van der Waals surface area contributed by atoms with Gasteiger partial charge in [0, 0.05) is 41.0 Å². The Labute approximate surface area is 158 Å². The molecule has 3 rings (SSSR count). The first kappa shape index (κ1) is 18.6. The minimum absolute atomic E-state index is 0.0946. The van der Waals surface area contributed by atoms with E-state index in [-0.39, 0.29) is 5.91 Å². The van der Waals surface area contributed by atoms with Crippen LogP contribution in [0.15, 0.2) is 36.4 Å². The molecule has 0 aliphatic heterocycles. The summed E-state index contributed by atoms with van der Waals surface area (Å²) in [5, 5.41) is 3.98. The number of carbonyl (C=O) groups excluding carboxylic acids is 1. The third-order valence-electron chi connectivity index (χ3n) is 4.60. The Kier molecular flexibility index (Phi) is 5.54. The fourth-order valence-electron chi connectivity index (χ4n) is 3.12. The number of H-pyrrole nitrogens is 1. The summed E-state index contributed by atoms with van der Waals surface area (Å²) < 4.78 is 10.7. The number of aromatic amines is 1. The molecule has 6 nitrogen and oxygen atoms in total. The van der Waals surface area contributed by atoms with E-state index in [0.29, 0.717) is 17.8 Å². The number of nitrogen functional groups attached to an aromatic ring is 1. The van der Waals surface area contributed by atoms with E-state index >= 15 is 0 Å². The summed E-state index contributed by atoms with van der Waals surface area (Å²) in [7, 11) is 3.28. The summed E-state index contributed by atoms with van der Waals surface area (Å²) in [6.07, 6.45) is 1.63. The van der Waals surface area contributed by atoms with E-state index in [0.717, 1.165) is 46.5 Å². The molecule has 0 saturated carbocycles. The van der Waals surface area contributed by atoms with Crippen LogP contribution in [0.2, 0.25) is 0 Å². The Bertz CT molecular complexity index is 963. The highest BCUT2D eigenvalue weighted by Gasteiger charge is 2.11. The standard InChI is InChI=1S/C21H25N3O3/c1-13-6-7-14(22)9-17(13)21(25)23-8-4-5-15-10-18-19(24-15)11-16(26-2)12-20(18)27-3/h6-7,9-12,24H,4-5,8,22H2,1-3H3,(H,23,25). The van der Waals surface area contributed by atoms with E-state index in [2.05, 4.69) is 16.4 Å². The van der Waals surface area contributed by atoms with Gasteiger partial charge >= 0.3 is 0 Å². The maximum absolute atomic E-state index is 12.3. The molecular weight excluding hydrogens is 342 g/mol. The van der Waals surface area contributed by atoms with Crippen molar-refractivity contribution in [3.8, 4) is 11.5 Å². The lowest BCUT2D eigenvalue weighted by atomic mass is 10.1. The molecule has 1 amide bonds. The van der Waals surface area contributed by atoms with Gasteiger partial charge in [-0.05, 0) is 43.5 Å². The first-order valence-electron chi connectivity index (χ1n) is 8.89. The first-order chi connectivity index (χ1) is 13.0. The molecule has 0 bridgehead atoms. The second-order valence-electron chi connectivity index (χ2n) is 6.52. The van der Waals surface area contributed by atoms with E-state index in [1.807, 2.05) is 25.1 Å². The summed E-state index contributed by atoms with van der Waals surface area (Å²) in [5.74, 6) is 1.43. The predicted octanol–water partition coefficient (Wildman–Crippen LogP) is 3.44. The number of hydrogen-bond acceptors (Lipinski definition) is 4. The number of aromatic nitrogens is 1. The minimum atomic E-state index is -0.0946. The van der Waals surface area contributed by atoms with Crippen LogP contribution in [0.5, 0.6) is 11.5 Å². The van der Waals surface area contributed by atoms with Crippen molar-refractivity contribution in [2.75, 3.05) is 26.5 Å². The molecule has 2 aromatic carbocycles. The monoisotopic (exact) mass is 367 g/mol. The zero-order valence-corrected chi connectivity index (χ0v) is 15.9. The largest absolute Gasteiger partial charge is 0.497 e. The lowest BCUT2D eigenvalue weighted by Gasteiger charge is -2.08. The highest BCUT2D eigenvalue weighted by Crippen LogP contribution is 2.31. The van der Waals surface area contributed by atoms with Crippen LogP contribution in [0.1, 0.15) is 28.0 Å². The van der Waals surface area contributed by atoms with Crippen molar-refractivity contribution in [2.45, 2.75) is 19.8 Å². The Morgan fingerprint density at radius 2 is 1.96 bits per heavy atom. The van der Waals surface area contributed by atoms with Crippen LogP contribution in [0, 0.1) is 6.92 Å². The zero-order valence-electron chi connectivity index (χ0n) is 15.9. The van der Waals surface area contributed by atoms with E-state index < -0.39 is 0 Å². The van der Waals surface area contributed by atoms with Gasteiger partial charge in [-0.3, -0.25) is 4.79 Å². The van der Waals surface area contributed by atoms with Crippen LogP contribution < -0.4 is 20.5 Å². The van der Waals surface area contributed by atoms with Gasteiger partial charge in [0.25, 0.3) is 5.91 Å². The Hall–Kier alpha value is -3.15. The average molecular weight is 367 g/mol. The number of nitrogens with two attached hydrogens (primary N) is 1. The number of fused-ring (bicyclic) bond motifs is 1. The molecule has 0 spiro atoms. The number of benzene rings is 2. The van der Waals surface area contributed by atoms with Gasteiger partial charge in [-0.2, -0.15) is 0 Å². The Morgan fingerprint density at radius 1 is 1.15 bits per heavy atom. The molecule has 142 valence electrons. The van der Waals surface area contributed by atoms with E-state index in [4.69, 9.17) is 15.2 Å². The maximum Gasteiger partial charge on any atom is 0.251 e. The average Bonchev–Trinajstić information content (AvgIpc) is 3.08. The molecule has 27 heavy (non-hydrogen) atoms. The molecule has 4 N–H and O–H groups in total. The highest BCUT2D eigenvalue weighted by atomic mass is 16.5. The molecule has 0 fully saturated rings.